The molecule has 27 heavy (non-hydrogen) atoms. The predicted molar refractivity (Wildman–Crippen MR) is 103 cm³/mol. The first-order chi connectivity index (χ1) is 13.0. The zero-order valence-electron chi connectivity index (χ0n) is 14.1. The molecule has 0 aromatic heterocycles. The second-order valence-electron chi connectivity index (χ2n) is 5.76. The highest BCUT2D eigenvalue weighted by atomic mass is 35.5. The van der Waals surface area contributed by atoms with Gasteiger partial charge in [0.25, 0.3) is 5.69 Å². The molecule has 0 aliphatic rings. The summed E-state index contributed by atoms with van der Waals surface area (Å²) in [6.45, 7) is -0.0697. The second kappa shape index (κ2) is 7.88. The van der Waals surface area contributed by atoms with Crippen molar-refractivity contribution < 1.29 is 14.5 Å². The Kier molecular flexibility index (Phi) is 5.38. The number of carbonyl (C=O) groups excluding carboxylic acids is 1. The molecule has 0 aliphatic heterocycles. The van der Waals surface area contributed by atoms with Gasteiger partial charge in [-0.1, -0.05) is 48.0 Å². The Hall–Kier alpha value is -3.38. The van der Waals surface area contributed by atoms with Gasteiger partial charge in [0, 0.05) is 11.6 Å². The molecular weight excluding hydrogens is 368 g/mol. The summed E-state index contributed by atoms with van der Waals surface area (Å²) < 4.78 is 5.65. The topological polar surface area (TPSA) is 95.5 Å². The minimum Gasteiger partial charge on any atom is -0.487 e. The molecule has 0 fully saturated rings. The Bertz CT molecular complexity index is 1010. The number of amides is 1. The standard InChI is InChI=1S/C20H15ClN2O4/c21-17-10-14(13-4-2-1-3-5-13)8-9-19(17)27-12-16-7-6-15(20(22)24)11-18(16)23(25)26/h1-11H,12H2,(H2,22,24). The zero-order chi connectivity index (χ0) is 19.4. The molecule has 0 unspecified atom stereocenters. The van der Waals surface area contributed by atoms with Gasteiger partial charge in [-0.25, -0.2) is 0 Å². The molecule has 136 valence electrons. The lowest BCUT2D eigenvalue weighted by atomic mass is 10.1. The summed E-state index contributed by atoms with van der Waals surface area (Å²) in [7, 11) is 0. The van der Waals surface area contributed by atoms with Gasteiger partial charge in [0.05, 0.1) is 15.5 Å². The highest BCUT2D eigenvalue weighted by molar-refractivity contribution is 6.32. The quantitative estimate of drug-likeness (QED) is 0.498. The van der Waals surface area contributed by atoms with E-state index in [1.165, 1.54) is 12.1 Å². The first-order valence-corrected chi connectivity index (χ1v) is 8.38. The normalized spacial score (nSPS) is 10.4. The average Bonchev–Trinajstić information content (AvgIpc) is 2.67. The van der Waals surface area contributed by atoms with E-state index in [0.29, 0.717) is 16.3 Å². The van der Waals surface area contributed by atoms with E-state index in [9.17, 15) is 14.9 Å². The molecule has 0 aliphatic carbocycles. The smallest absolute Gasteiger partial charge is 0.276 e. The van der Waals surface area contributed by atoms with Gasteiger partial charge in [0.15, 0.2) is 0 Å². The summed E-state index contributed by atoms with van der Waals surface area (Å²) >= 11 is 6.29. The van der Waals surface area contributed by atoms with E-state index in [1.54, 1.807) is 12.1 Å². The number of nitro benzene ring substituents is 1. The van der Waals surface area contributed by atoms with E-state index in [0.717, 1.165) is 17.2 Å². The van der Waals surface area contributed by atoms with Crippen LogP contribution in [0.15, 0.2) is 66.7 Å². The summed E-state index contributed by atoms with van der Waals surface area (Å²) in [5.74, 6) is -0.324. The number of primary amides is 1. The van der Waals surface area contributed by atoms with Crippen molar-refractivity contribution >= 4 is 23.2 Å². The maximum absolute atomic E-state index is 11.2. The van der Waals surface area contributed by atoms with Gasteiger partial charge >= 0.3 is 0 Å². The first-order valence-electron chi connectivity index (χ1n) is 8.00. The minimum atomic E-state index is -0.731. The number of rotatable bonds is 6. The van der Waals surface area contributed by atoms with Gasteiger partial charge in [0.2, 0.25) is 5.91 Å². The number of hydrogen-bond donors (Lipinski definition) is 1. The number of nitro groups is 1. The zero-order valence-corrected chi connectivity index (χ0v) is 14.8. The van der Waals surface area contributed by atoms with Crippen LogP contribution in [0.1, 0.15) is 15.9 Å². The van der Waals surface area contributed by atoms with Crippen LogP contribution in [0.4, 0.5) is 5.69 Å². The van der Waals surface area contributed by atoms with Gasteiger partial charge in [-0.15, -0.1) is 0 Å². The molecule has 0 bridgehead atoms. The van der Waals surface area contributed by atoms with Crippen molar-refractivity contribution in [1.29, 1.82) is 0 Å². The predicted octanol–water partition coefficient (Wildman–Crippen LogP) is 4.59. The number of nitrogens with zero attached hydrogens (tertiary/aromatic N) is 1. The van der Waals surface area contributed by atoms with E-state index in [2.05, 4.69) is 0 Å². The molecule has 0 saturated carbocycles. The molecule has 1 amide bonds. The van der Waals surface area contributed by atoms with Crippen LogP contribution < -0.4 is 10.5 Å². The number of benzene rings is 3. The SMILES string of the molecule is NC(=O)c1ccc(COc2ccc(-c3ccccc3)cc2Cl)c([N+](=O)[O-])c1. The Morgan fingerprint density at radius 2 is 1.78 bits per heavy atom. The van der Waals surface area contributed by atoms with Gasteiger partial charge in [-0.2, -0.15) is 0 Å². The van der Waals surface area contributed by atoms with Crippen molar-refractivity contribution in [2.24, 2.45) is 5.73 Å². The Morgan fingerprint density at radius 1 is 1.04 bits per heavy atom. The largest absolute Gasteiger partial charge is 0.487 e. The monoisotopic (exact) mass is 382 g/mol. The van der Waals surface area contributed by atoms with Crippen LogP contribution in [-0.2, 0) is 6.61 Å². The molecule has 0 heterocycles. The van der Waals surface area contributed by atoms with E-state index in [-0.39, 0.29) is 17.9 Å². The van der Waals surface area contributed by atoms with Gasteiger partial charge in [-0.05, 0) is 35.4 Å². The fraction of sp³-hybridized carbons (Fsp3) is 0.0500. The van der Waals surface area contributed by atoms with Crippen molar-refractivity contribution in [2.75, 3.05) is 0 Å². The van der Waals surface area contributed by atoms with E-state index in [4.69, 9.17) is 22.1 Å². The van der Waals surface area contributed by atoms with E-state index < -0.39 is 10.8 Å². The third-order valence-corrected chi connectivity index (χ3v) is 4.28. The maximum atomic E-state index is 11.2. The first kappa shape index (κ1) is 18.4. The van der Waals surface area contributed by atoms with Crippen molar-refractivity contribution in [1.82, 2.24) is 0 Å². The molecule has 3 aromatic carbocycles. The van der Waals surface area contributed by atoms with Crippen molar-refractivity contribution in [2.45, 2.75) is 6.61 Å². The number of ether oxygens (including phenoxy) is 1. The van der Waals surface area contributed by atoms with Crippen LogP contribution in [0.25, 0.3) is 11.1 Å². The van der Waals surface area contributed by atoms with Gasteiger partial charge in [0.1, 0.15) is 12.4 Å². The van der Waals surface area contributed by atoms with Crippen LogP contribution >= 0.6 is 11.6 Å². The molecule has 0 spiro atoms. The maximum Gasteiger partial charge on any atom is 0.276 e. The molecule has 3 rings (SSSR count). The summed E-state index contributed by atoms with van der Waals surface area (Å²) in [6.07, 6.45) is 0. The summed E-state index contributed by atoms with van der Waals surface area (Å²) in [5.41, 5.74) is 7.27. The van der Waals surface area contributed by atoms with Crippen molar-refractivity contribution in [3.8, 4) is 16.9 Å². The second-order valence-corrected chi connectivity index (χ2v) is 6.17. The highest BCUT2D eigenvalue weighted by Gasteiger charge is 2.17. The van der Waals surface area contributed by atoms with Crippen LogP contribution in [0.3, 0.4) is 0 Å². The Labute approximate surface area is 160 Å². The average molecular weight is 383 g/mol. The molecule has 7 heteroatoms. The molecule has 0 saturated heterocycles. The number of carbonyl (C=O) groups is 1. The molecular formula is C20H15ClN2O4. The van der Waals surface area contributed by atoms with Crippen LogP contribution in [0.2, 0.25) is 5.02 Å². The Balaban J connectivity index is 1.81. The lowest BCUT2D eigenvalue weighted by molar-refractivity contribution is -0.385. The van der Waals surface area contributed by atoms with E-state index >= 15 is 0 Å². The lowest BCUT2D eigenvalue weighted by Gasteiger charge is -2.10. The molecule has 6 nitrogen and oxygen atoms in total. The highest BCUT2D eigenvalue weighted by Crippen LogP contribution is 2.31. The van der Waals surface area contributed by atoms with Crippen LogP contribution in [0, 0.1) is 10.1 Å². The van der Waals surface area contributed by atoms with Crippen LogP contribution in [-0.4, -0.2) is 10.8 Å². The minimum absolute atomic E-state index is 0.0655. The molecule has 2 N–H and O–H groups in total. The summed E-state index contributed by atoms with van der Waals surface area (Å²) in [6, 6.07) is 19.1. The Morgan fingerprint density at radius 3 is 2.41 bits per heavy atom. The third-order valence-electron chi connectivity index (χ3n) is 3.99. The number of nitrogens with two attached hydrogens (primary N) is 1. The molecule has 3 aromatic rings. The fourth-order valence-electron chi connectivity index (χ4n) is 2.59. The van der Waals surface area contributed by atoms with Crippen molar-refractivity contribution in [3.63, 3.8) is 0 Å². The molecule has 0 radical (unpaired) electrons. The fourth-order valence-corrected chi connectivity index (χ4v) is 2.83. The van der Waals surface area contributed by atoms with Gasteiger partial charge < -0.3 is 10.5 Å². The number of hydrogen-bond acceptors (Lipinski definition) is 4. The van der Waals surface area contributed by atoms with Crippen molar-refractivity contribution in [3.05, 3.63) is 93.0 Å². The third kappa shape index (κ3) is 4.24. The van der Waals surface area contributed by atoms with E-state index in [1.807, 2.05) is 36.4 Å². The lowest BCUT2D eigenvalue weighted by Crippen LogP contribution is -2.12. The number of halogens is 1. The van der Waals surface area contributed by atoms with Gasteiger partial charge in [-0.3, -0.25) is 14.9 Å². The van der Waals surface area contributed by atoms with Crippen LogP contribution in [0.5, 0.6) is 5.75 Å². The summed E-state index contributed by atoms with van der Waals surface area (Å²) in [5, 5.41) is 11.6. The molecule has 0 atom stereocenters. The summed E-state index contributed by atoms with van der Waals surface area (Å²) in [4.78, 5) is 21.9.